The topological polar surface area (TPSA) is 163 Å². The minimum Gasteiger partial charge on any atom is -0.469 e. The molecule has 0 aliphatic rings. The summed E-state index contributed by atoms with van der Waals surface area (Å²) in [4.78, 5) is 49.3. The van der Waals surface area contributed by atoms with E-state index in [4.69, 9.17) is 4.74 Å². The summed E-state index contributed by atoms with van der Waals surface area (Å²) in [7, 11) is 1.21. The van der Waals surface area contributed by atoms with Gasteiger partial charge >= 0.3 is 12.1 Å². The summed E-state index contributed by atoms with van der Waals surface area (Å²) in [6.07, 6.45) is -2.90. The lowest BCUT2D eigenvalue weighted by atomic mass is 9.96. The Hall–Kier alpha value is -3.18. The van der Waals surface area contributed by atoms with E-state index in [9.17, 15) is 29.4 Å². The number of alkyl carbamates (subject to hydrolysis) is 1. The molecule has 0 aromatic heterocycles. The van der Waals surface area contributed by atoms with Crippen LogP contribution in [0, 0.1) is 11.8 Å². The van der Waals surface area contributed by atoms with E-state index in [0.29, 0.717) is 12.8 Å². The number of carbonyl (C=O) groups excluding carboxylic acids is 4. The molecule has 0 fully saturated rings. The Morgan fingerprint density at radius 1 is 0.795 bits per heavy atom. The summed E-state index contributed by atoms with van der Waals surface area (Å²) in [5.74, 6) is -1.51. The normalized spacial score (nSPS) is 15.0. The number of carbonyl (C=O) groups is 4. The van der Waals surface area contributed by atoms with Crippen LogP contribution in [0.3, 0.4) is 0 Å². The Morgan fingerprint density at radius 3 is 1.87 bits per heavy atom. The molecule has 11 nitrogen and oxygen atoms in total. The predicted octanol–water partition coefficient (Wildman–Crippen LogP) is 2.04. The van der Waals surface area contributed by atoms with E-state index in [1.54, 1.807) is 0 Å². The molecular formula is C28H45N3O8. The molecule has 1 rings (SSSR count). The smallest absolute Gasteiger partial charge is 0.407 e. The predicted molar refractivity (Wildman–Crippen MR) is 145 cm³/mol. The third-order valence-corrected chi connectivity index (χ3v) is 5.99. The zero-order chi connectivity index (χ0) is 29.5. The second kappa shape index (κ2) is 17.4. The maximum atomic E-state index is 12.7. The Morgan fingerprint density at radius 2 is 1.33 bits per heavy atom. The molecular weight excluding hydrogens is 506 g/mol. The molecule has 0 radical (unpaired) electrons. The van der Waals surface area contributed by atoms with Gasteiger partial charge in [-0.3, -0.25) is 14.4 Å². The number of nitrogens with one attached hydrogen (secondary N) is 3. The van der Waals surface area contributed by atoms with E-state index < -0.39 is 54.2 Å². The van der Waals surface area contributed by atoms with Crippen LogP contribution in [-0.2, 0) is 30.5 Å². The number of hydrogen-bond donors (Lipinski definition) is 5. The molecule has 0 bridgehead atoms. The first-order valence-electron chi connectivity index (χ1n) is 13.3. The number of esters is 1. The van der Waals surface area contributed by atoms with Crippen LogP contribution in [0.5, 0.6) is 0 Å². The third-order valence-electron chi connectivity index (χ3n) is 5.99. The fourth-order valence-electron chi connectivity index (χ4n) is 3.96. The number of hydrogen-bond acceptors (Lipinski definition) is 8. The number of rotatable bonds is 16. The minimum absolute atomic E-state index is 0.0659. The van der Waals surface area contributed by atoms with Crippen LogP contribution >= 0.6 is 0 Å². The van der Waals surface area contributed by atoms with Gasteiger partial charge in [-0.2, -0.15) is 0 Å². The Bertz CT molecular complexity index is 909. The van der Waals surface area contributed by atoms with Gasteiger partial charge < -0.3 is 35.6 Å². The van der Waals surface area contributed by atoms with E-state index >= 15 is 0 Å². The first-order chi connectivity index (χ1) is 18.3. The van der Waals surface area contributed by atoms with Crippen molar-refractivity contribution in [3.8, 4) is 0 Å². The number of benzene rings is 1. The highest BCUT2D eigenvalue weighted by molar-refractivity contribution is 5.87. The quantitative estimate of drug-likeness (QED) is 0.195. The molecule has 1 aromatic rings. The van der Waals surface area contributed by atoms with Crippen molar-refractivity contribution < 1.29 is 38.9 Å². The molecule has 0 aliphatic heterocycles. The highest BCUT2D eigenvalue weighted by Crippen LogP contribution is 2.14. The van der Waals surface area contributed by atoms with Crippen molar-refractivity contribution in [2.45, 2.75) is 97.2 Å². The van der Waals surface area contributed by atoms with Gasteiger partial charge in [0, 0.05) is 0 Å². The summed E-state index contributed by atoms with van der Waals surface area (Å²) in [5.41, 5.74) is 0.814. The second-order valence-electron chi connectivity index (χ2n) is 10.6. The molecule has 5 N–H and O–H groups in total. The number of methoxy groups -OCH3 is 1. The molecule has 220 valence electrons. The minimum atomic E-state index is -1.22. The van der Waals surface area contributed by atoms with Crippen LogP contribution in [0.1, 0.15) is 65.9 Å². The van der Waals surface area contributed by atoms with Gasteiger partial charge in [-0.1, -0.05) is 58.0 Å². The highest BCUT2D eigenvalue weighted by atomic mass is 16.5. The van der Waals surface area contributed by atoms with Gasteiger partial charge in [0.15, 0.2) is 0 Å². The standard InChI is InChI=1S/C28H45N3O8/c1-17(2)12-21(24(33)15-26(35)38-6)30-27(36)19(5)29-25(34)14-23(32)22(13-18(3)4)31-28(37)39-16-20-10-8-7-9-11-20/h7-11,17-19,21-24,32-33H,12-16H2,1-6H3,(H,29,34)(H,30,36)(H,31,37)/t19-,21-,22-,23-,24-/m0/s1. The molecule has 0 unspecified atom stereocenters. The Labute approximate surface area is 231 Å². The van der Waals surface area contributed by atoms with Gasteiger partial charge in [0.25, 0.3) is 0 Å². The molecule has 0 saturated heterocycles. The van der Waals surface area contributed by atoms with Gasteiger partial charge in [0.05, 0.1) is 44.2 Å². The van der Waals surface area contributed by atoms with Crippen molar-refractivity contribution in [1.82, 2.24) is 16.0 Å². The van der Waals surface area contributed by atoms with E-state index in [2.05, 4.69) is 20.7 Å². The van der Waals surface area contributed by atoms with Crippen LogP contribution in [-0.4, -0.2) is 71.5 Å². The lowest BCUT2D eigenvalue weighted by Crippen LogP contribution is -2.53. The molecule has 39 heavy (non-hydrogen) atoms. The van der Waals surface area contributed by atoms with Crippen molar-refractivity contribution >= 4 is 23.9 Å². The zero-order valence-electron chi connectivity index (χ0n) is 23.8. The van der Waals surface area contributed by atoms with E-state index in [0.717, 1.165) is 5.56 Å². The van der Waals surface area contributed by atoms with Crippen LogP contribution < -0.4 is 16.0 Å². The van der Waals surface area contributed by atoms with Crippen molar-refractivity contribution in [2.24, 2.45) is 11.8 Å². The van der Waals surface area contributed by atoms with Crippen LogP contribution in [0.4, 0.5) is 4.79 Å². The Kier molecular flexibility index (Phi) is 15.1. The van der Waals surface area contributed by atoms with Crippen molar-refractivity contribution in [1.29, 1.82) is 0 Å². The zero-order valence-corrected chi connectivity index (χ0v) is 23.8. The van der Waals surface area contributed by atoms with Crippen LogP contribution in [0.25, 0.3) is 0 Å². The van der Waals surface area contributed by atoms with E-state index in [1.807, 2.05) is 58.0 Å². The van der Waals surface area contributed by atoms with E-state index in [-0.39, 0.29) is 31.3 Å². The Balaban J connectivity index is 2.69. The maximum absolute atomic E-state index is 12.7. The van der Waals surface area contributed by atoms with E-state index in [1.165, 1.54) is 14.0 Å². The molecule has 1 aromatic carbocycles. The summed E-state index contributed by atoms with van der Waals surface area (Å²) in [6.45, 7) is 9.21. The monoisotopic (exact) mass is 551 g/mol. The summed E-state index contributed by atoms with van der Waals surface area (Å²) in [6, 6.07) is 6.72. The number of amides is 3. The molecule has 0 saturated carbocycles. The van der Waals surface area contributed by atoms with Gasteiger partial charge in [0.2, 0.25) is 11.8 Å². The van der Waals surface area contributed by atoms with Gasteiger partial charge in [0.1, 0.15) is 12.6 Å². The SMILES string of the molecule is COC(=O)C[C@H](O)[C@H](CC(C)C)NC(=O)[C@H](C)NC(=O)C[C@H](O)[C@H](CC(C)C)NC(=O)OCc1ccccc1. The second-order valence-corrected chi connectivity index (χ2v) is 10.6. The largest absolute Gasteiger partial charge is 0.469 e. The lowest BCUT2D eigenvalue weighted by molar-refractivity contribution is -0.143. The van der Waals surface area contributed by atoms with Crippen molar-refractivity contribution in [2.75, 3.05) is 7.11 Å². The number of aliphatic hydroxyl groups is 2. The third kappa shape index (κ3) is 14.0. The number of ether oxygens (including phenoxy) is 2. The maximum Gasteiger partial charge on any atom is 0.407 e. The lowest BCUT2D eigenvalue weighted by Gasteiger charge is -2.27. The molecule has 11 heteroatoms. The highest BCUT2D eigenvalue weighted by Gasteiger charge is 2.29. The number of aliphatic hydroxyl groups excluding tert-OH is 2. The first kappa shape index (κ1) is 33.8. The van der Waals surface area contributed by atoms with Crippen molar-refractivity contribution in [3.05, 3.63) is 35.9 Å². The molecule has 0 heterocycles. The average Bonchev–Trinajstić information content (AvgIpc) is 2.86. The van der Waals surface area contributed by atoms with Crippen molar-refractivity contribution in [3.63, 3.8) is 0 Å². The van der Waals surface area contributed by atoms with Crippen LogP contribution in [0.2, 0.25) is 0 Å². The molecule has 0 spiro atoms. The van der Waals surface area contributed by atoms with Crippen LogP contribution in [0.15, 0.2) is 30.3 Å². The fourth-order valence-corrected chi connectivity index (χ4v) is 3.96. The molecule has 0 aliphatic carbocycles. The van der Waals surface area contributed by atoms with Gasteiger partial charge in [-0.05, 0) is 37.2 Å². The summed E-state index contributed by atoms with van der Waals surface area (Å²) in [5, 5.41) is 29.0. The average molecular weight is 552 g/mol. The first-order valence-corrected chi connectivity index (χ1v) is 13.3. The summed E-state index contributed by atoms with van der Waals surface area (Å²) < 4.78 is 9.83. The molecule has 5 atom stereocenters. The van der Waals surface area contributed by atoms with Gasteiger partial charge in [-0.15, -0.1) is 0 Å². The fraction of sp³-hybridized carbons (Fsp3) is 0.643. The molecule has 3 amide bonds. The summed E-state index contributed by atoms with van der Waals surface area (Å²) >= 11 is 0. The van der Waals surface area contributed by atoms with Gasteiger partial charge in [-0.25, -0.2) is 4.79 Å².